The quantitative estimate of drug-likeness (QED) is 0.493. The summed E-state index contributed by atoms with van der Waals surface area (Å²) in [4.78, 5) is 81.4. The molecule has 6 amide bonds. The van der Waals surface area contributed by atoms with Gasteiger partial charge in [0.1, 0.15) is 0 Å². The van der Waals surface area contributed by atoms with Crippen molar-refractivity contribution >= 4 is 36.4 Å². The molecule has 4 atom stereocenters. The summed E-state index contributed by atoms with van der Waals surface area (Å²) in [6.45, 7) is 4.99. The average molecular weight is 390 g/mol. The second-order valence-electron chi connectivity index (χ2n) is 6.96. The van der Waals surface area contributed by atoms with Crippen LogP contribution in [0, 0.1) is 0 Å². The van der Waals surface area contributed by atoms with E-state index in [-0.39, 0.29) is 11.6 Å². The molecule has 0 aliphatic carbocycles. The number of piperazine rings is 1. The van der Waals surface area contributed by atoms with Crippen molar-refractivity contribution < 1.29 is 28.8 Å². The highest BCUT2D eigenvalue weighted by atomic mass is 16.2. The number of carbonyl (C=O) groups is 6. The zero-order valence-electron chi connectivity index (χ0n) is 15.6. The molecule has 3 saturated heterocycles. The summed E-state index contributed by atoms with van der Waals surface area (Å²) in [5, 5.41) is 0. The second-order valence-corrected chi connectivity index (χ2v) is 6.96. The van der Waals surface area contributed by atoms with Gasteiger partial charge in [-0.1, -0.05) is 0 Å². The van der Waals surface area contributed by atoms with Gasteiger partial charge in [-0.15, -0.1) is 0 Å². The maximum Gasteiger partial charge on any atom is 0.226 e. The Morgan fingerprint density at radius 3 is 0.929 bits per heavy atom. The van der Waals surface area contributed by atoms with E-state index in [0.29, 0.717) is 12.8 Å². The van der Waals surface area contributed by atoms with Crippen LogP contribution in [-0.2, 0) is 28.8 Å². The fourth-order valence-corrected chi connectivity index (χ4v) is 4.75. The van der Waals surface area contributed by atoms with Gasteiger partial charge in [-0.2, -0.15) is 0 Å². The maximum atomic E-state index is 12.5. The van der Waals surface area contributed by atoms with Crippen LogP contribution in [0.25, 0.3) is 0 Å². The third-order valence-corrected chi connectivity index (χ3v) is 5.53. The van der Waals surface area contributed by atoms with E-state index in [2.05, 4.69) is 0 Å². The first-order valence-electron chi connectivity index (χ1n) is 8.58. The molecule has 0 aromatic heterocycles. The van der Waals surface area contributed by atoms with Gasteiger partial charge in [0.05, 0.1) is 0 Å². The van der Waals surface area contributed by atoms with E-state index in [9.17, 15) is 28.8 Å². The summed E-state index contributed by atoms with van der Waals surface area (Å²) in [5.74, 6) is -1.98. The number of amides is 6. The fraction of sp³-hybridized carbons (Fsp3) is 0.500. The Morgan fingerprint density at radius 1 is 0.571 bits per heavy atom. The highest BCUT2D eigenvalue weighted by Gasteiger charge is 2.70. The molecular weight excluding hydrogens is 372 g/mol. The molecule has 5 aliphatic heterocycles. The van der Waals surface area contributed by atoms with E-state index in [0.717, 1.165) is 0 Å². The van der Waals surface area contributed by atoms with Crippen LogP contribution in [-0.4, -0.2) is 90.5 Å². The molecule has 5 heterocycles. The molecule has 12 heteroatoms. The Hall–Kier alpha value is -3.44. The third kappa shape index (κ3) is 1.79. The topological polar surface area (TPSA) is 122 Å². The van der Waals surface area contributed by atoms with Crippen molar-refractivity contribution in [1.82, 2.24) is 29.4 Å². The summed E-state index contributed by atoms with van der Waals surface area (Å²) in [7, 11) is 0. The van der Waals surface area contributed by atoms with Crippen LogP contribution in [0.4, 0.5) is 0 Å². The first-order valence-corrected chi connectivity index (χ1v) is 8.58. The monoisotopic (exact) mass is 390 g/mol. The minimum absolute atomic E-state index is 0.0154. The van der Waals surface area contributed by atoms with E-state index in [1.54, 1.807) is 0 Å². The lowest BCUT2D eigenvalue weighted by Gasteiger charge is -2.51. The van der Waals surface area contributed by atoms with Crippen molar-refractivity contribution in [2.45, 2.75) is 52.4 Å². The second kappa shape index (κ2) is 5.53. The van der Waals surface area contributed by atoms with Gasteiger partial charge >= 0.3 is 0 Å². The lowest BCUT2D eigenvalue weighted by molar-refractivity contribution is -0.178. The molecule has 3 fully saturated rings. The molecule has 0 saturated carbocycles. The zero-order valence-corrected chi connectivity index (χ0v) is 15.6. The van der Waals surface area contributed by atoms with Crippen LogP contribution < -0.4 is 0 Å². The van der Waals surface area contributed by atoms with E-state index < -0.39 is 48.3 Å². The van der Waals surface area contributed by atoms with Crippen molar-refractivity contribution in [2.24, 2.45) is 0 Å². The van der Waals surface area contributed by atoms with E-state index in [1.165, 1.54) is 57.1 Å². The van der Waals surface area contributed by atoms with Crippen LogP contribution >= 0.6 is 0 Å². The smallest absolute Gasteiger partial charge is 0.226 e. The van der Waals surface area contributed by atoms with Crippen molar-refractivity contribution in [1.29, 1.82) is 0 Å². The predicted molar refractivity (Wildman–Crippen MR) is 88.1 cm³/mol. The van der Waals surface area contributed by atoms with Crippen LogP contribution in [0.15, 0.2) is 11.6 Å². The van der Waals surface area contributed by atoms with Gasteiger partial charge in [-0.25, -0.2) is 0 Å². The standard InChI is InChI=1S/C16H18N6O6/c1-7(25)19-11-12-18(6-24)14-13(17(11)5-23)21(9(3)27)16(22(14)10(4)28)15(19)20(12)8(2)26/h5-6,11-14H,1-4H3. The zero-order chi connectivity index (χ0) is 20.7. The SMILES string of the molecule is CC(=O)N1C2=C3N(C(C)=O)C4C(N3C(C)=O)N(C=O)C(C1N4C=O)N2C(C)=O. The summed E-state index contributed by atoms with van der Waals surface area (Å²) in [6.07, 6.45) is -3.08. The third-order valence-electron chi connectivity index (χ3n) is 5.53. The Bertz CT molecular complexity index is 755. The van der Waals surface area contributed by atoms with Crippen LogP contribution in [0.3, 0.4) is 0 Å². The Balaban J connectivity index is 2.16. The molecule has 12 nitrogen and oxygen atoms in total. The van der Waals surface area contributed by atoms with Crippen molar-refractivity contribution in [3.63, 3.8) is 0 Å². The fourth-order valence-electron chi connectivity index (χ4n) is 4.75. The van der Waals surface area contributed by atoms with Crippen molar-refractivity contribution in [2.75, 3.05) is 0 Å². The maximum absolute atomic E-state index is 12.5. The molecular formula is C16H18N6O6. The molecule has 148 valence electrons. The van der Waals surface area contributed by atoms with Gasteiger partial charge < -0.3 is 0 Å². The molecule has 0 spiro atoms. The minimum atomic E-state index is -1.01. The predicted octanol–water partition coefficient (Wildman–Crippen LogP) is -2.22. The Morgan fingerprint density at radius 2 is 0.786 bits per heavy atom. The highest BCUT2D eigenvalue weighted by molar-refractivity contribution is 5.88. The van der Waals surface area contributed by atoms with Gasteiger partial charge in [0, 0.05) is 27.7 Å². The average Bonchev–Trinajstić information content (AvgIpc) is 3.05. The van der Waals surface area contributed by atoms with Crippen molar-refractivity contribution in [3.05, 3.63) is 11.6 Å². The van der Waals surface area contributed by atoms with E-state index in [1.807, 2.05) is 0 Å². The lowest BCUT2D eigenvalue weighted by Crippen LogP contribution is -2.74. The molecule has 0 aromatic carbocycles. The molecule has 0 N–H and O–H groups in total. The van der Waals surface area contributed by atoms with Gasteiger partial charge in [-0.3, -0.25) is 58.2 Å². The summed E-state index contributed by atoms with van der Waals surface area (Å²) in [5.41, 5.74) is 0. The van der Waals surface area contributed by atoms with Crippen LogP contribution in [0.2, 0.25) is 0 Å². The molecule has 0 radical (unpaired) electrons. The number of rotatable bonds is 2. The summed E-state index contributed by atoms with van der Waals surface area (Å²) < 4.78 is 0. The first-order chi connectivity index (χ1) is 13.2. The van der Waals surface area contributed by atoms with E-state index >= 15 is 0 Å². The van der Waals surface area contributed by atoms with E-state index in [4.69, 9.17) is 0 Å². The van der Waals surface area contributed by atoms with Crippen molar-refractivity contribution in [3.8, 4) is 0 Å². The number of nitrogens with zero attached hydrogens (tertiary/aromatic N) is 6. The molecule has 0 aromatic rings. The van der Waals surface area contributed by atoms with Gasteiger partial charge in [0.2, 0.25) is 36.4 Å². The molecule has 4 unspecified atom stereocenters. The normalized spacial score (nSPS) is 29.7. The van der Waals surface area contributed by atoms with Crippen LogP contribution in [0.5, 0.6) is 0 Å². The number of hydrogen-bond acceptors (Lipinski definition) is 6. The lowest BCUT2D eigenvalue weighted by atomic mass is 10.1. The Kier molecular flexibility index (Phi) is 3.55. The van der Waals surface area contributed by atoms with Gasteiger partial charge in [-0.05, 0) is 0 Å². The molecule has 5 rings (SSSR count). The molecule has 28 heavy (non-hydrogen) atoms. The largest absolute Gasteiger partial charge is 0.295 e. The van der Waals surface area contributed by atoms with Gasteiger partial charge in [0.15, 0.2) is 36.3 Å². The number of hydrogen-bond donors (Lipinski definition) is 0. The van der Waals surface area contributed by atoms with Gasteiger partial charge in [0.25, 0.3) is 0 Å². The Labute approximate surface area is 159 Å². The first kappa shape index (κ1) is 17.9. The minimum Gasteiger partial charge on any atom is -0.295 e. The number of carbonyl (C=O) groups excluding carboxylic acids is 6. The highest BCUT2D eigenvalue weighted by Crippen LogP contribution is 2.51. The molecule has 5 aliphatic rings. The summed E-state index contributed by atoms with van der Waals surface area (Å²) >= 11 is 0. The summed E-state index contributed by atoms with van der Waals surface area (Å²) in [6, 6.07) is 0. The van der Waals surface area contributed by atoms with Crippen LogP contribution in [0.1, 0.15) is 27.7 Å². The molecule has 6 bridgehead atoms.